The maximum Gasteiger partial charge on any atom is 0.274 e. The molecule has 0 aromatic heterocycles. The number of nitro groups is 1. The average molecular weight is 180 g/mol. The van der Waals surface area contributed by atoms with Crippen LogP contribution in [0.25, 0.3) is 0 Å². The lowest BCUT2D eigenvalue weighted by Gasteiger charge is -2.09. The minimum Gasteiger partial charge on any atom is -0.324 e. The van der Waals surface area contributed by atoms with Gasteiger partial charge in [-0.3, -0.25) is 10.1 Å². The second-order valence-corrected chi connectivity index (χ2v) is 3.05. The smallest absolute Gasteiger partial charge is 0.274 e. The van der Waals surface area contributed by atoms with Crippen molar-refractivity contribution in [2.45, 2.75) is 19.9 Å². The van der Waals surface area contributed by atoms with Crippen LogP contribution in [0.15, 0.2) is 18.2 Å². The quantitative estimate of drug-likeness (QED) is 0.558. The van der Waals surface area contributed by atoms with E-state index in [4.69, 9.17) is 5.73 Å². The van der Waals surface area contributed by atoms with E-state index in [2.05, 4.69) is 0 Å². The number of nitrogens with two attached hydrogens (primary N) is 1. The maximum atomic E-state index is 10.6. The second-order valence-electron chi connectivity index (χ2n) is 3.05. The van der Waals surface area contributed by atoms with Gasteiger partial charge in [-0.15, -0.1) is 0 Å². The molecule has 0 aliphatic heterocycles. The molecule has 0 bridgehead atoms. The van der Waals surface area contributed by atoms with Crippen molar-refractivity contribution in [3.05, 3.63) is 39.4 Å². The van der Waals surface area contributed by atoms with Crippen molar-refractivity contribution in [3.63, 3.8) is 0 Å². The molecule has 0 aliphatic rings. The van der Waals surface area contributed by atoms with Gasteiger partial charge in [0.05, 0.1) is 4.92 Å². The lowest BCUT2D eigenvalue weighted by molar-refractivity contribution is -0.385. The molecule has 0 amide bonds. The van der Waals surface area contributed by atoms with Crippen molar-refractivity contribution in [1.82, 2.24) is 0 Å². The molecule has 70 valence electrons. The zero-order chi connectivity index (χ0) is 10.0. The molecule has 0 radical (unpaired) electrons. The molecule has 0 saturated heterocycles. The van der Waals surface area contributed by atoms with Gasteiger partial charge in [-0.05, 0) is 19.4 Å². The molecule has 1 atom stereocenters. The lowest BCUT2D eigenvalue weighted by Crippen LogP contribution is -2.09. The van der Waals surface area contributed by atoms with E-state index in [1.54, 1.807) is 13.0 Å². The second kappa shape index (κ2) is 3.53. The highest BCUT2D eigenvalue weighted by Gasteiger charge is 2.17. The normalized spacial score (nSPS) is 12.5. The van der Waals surface area contributed by atoms with Crippen molar-refractivity contribution in [2.24, 2.45) is 5.73 Å². The largest absolute Gasteiger partial charge is 0.324 e. The zero-order valence-electron chi connectivity index (χ0n) is 7.65. The third-order valence-corrected chi connectivity index (χ3v) is 1.95. The van der Waals surface area contributed by atoms with Crippen LogP contribution < -0.4 is 5.73 Å². The first kappa shape index (κ1) is 9.67. The van der Waals surface area contributed by atoms with Crippen molar-refractivity contribution in [3.8, 4) is 0 Å². The fraction of sp³-hybridized carbons (Fsp3) is 0.333. The van der Waals surface area contributed by atoms with Gasteiger partial charge in [0.2, 0.25) is 0 Å². The molecule has 1 aromatic rings. The lowest BCUT2D eigenvalue weighted by atomic mass is 10.0. The van der Waals surface area contributed by atoms with E-state index in [-0.39, 0.29) is 11.7 Å². The number of benzene rings is 1. The topological polar surface area (TPSA) is 69.2 Å². The van der Waals surface area contributed by atoms with Crippen LogP contribution in [-0.2, 0) is 0 Å². The summed E-state index contributed by atoms with van der Waals surface area (Å²) in [5.41, 5.74) is 7.24. The fourth-order valence-electron chi connectivity index (χ4n) is 1.42. The highest BCUT2D eigenvalue weighted by atomic mass is 16.6. The van der Waals surface area contributed by atoms with Crippen LogP contribution in [0.1, 0.15) is 24.1 Å². The van der Waals surface area contributed by atoms with Gasteiger partial charge in [-0.25, -0.2) is 0 Å². The molecule has 0 fully saturated rings. The Morgan fingerprint density at radius 1 is 1.54 bits per heavy atom. The van der Waals surface area contributed by atoms with E-state index in [0.29, 0.717) is 5.56 Å². The monoisotopic (exact) mass is 180 g/mol. The Morgan fingerprint density at radius 2 is 2.15 bits per heavy atom. The Bertz CT molecular complexity index is 334. The van der Waals surface area contributed by atoms with Gasteiger partial charge in [0.1, 0.15) is 0 Å². The van der Waals surface area contributed by atoms with E-state index in [1.165, 1.54) is 6.07 Å². The summed E-state index contributed by atoms with van der Waals surface area (Å²) in [6.45, 7) is 3.57. The number of hydrogen-bond acceptors (Lipinski definition) is 3. The number of aryl methyl sites for hydroxylation is 1. The third kappa shape index (κ3) is 1.84. The molecular formula is C9H12N2O2. The highest BCUT2D eigenvalue weighted by molar-refractivity contribution is 5.46. The van der Waals surface area contributed by atoms with E-state index in [9.17, 15) is 10.1 Å². The first-order chi connectivity index (χ1) is 6.04. The first-order valence-electron chi connectivity index (χ1n) is 4.03. The number of nitro benzene ring substituents is 1. The summed E-state index contributed by atoms with van der Waals surface area (Å²) < 4.78 is 0. The summed E-state index contributed by atoms with van der Waals surface area (Å²) >= 11 is 0. The van der Waals surface area contributed by atoms with Gasteiger partial charge in [-0.2, -0.15) is 0 Å². The van der Waals surface area contributed by atoms with Crippen LogP contribution in [-0.4, -0.2) is 4.92 Å². The average Bonchev–Trinajstić information content (AvgIpc) is 2.02. The number of nitrogens with zero attached hydrogens (tertiary/aromatic N) is 1. The van der Waals surface area contributed by atoms with Crippen molar-refractivity contribution < 1.29 is 4.92 Å². The summed E-state index contributed by atoms with van der Waals surface area (Å²) in [7, 11) is 0. The molecule has 4 nitrogen and oxygen atoms in total. The molecule has 0 unspecified atom stereocenters. The van der Waals surface area contributed by atoms with E-state index in [0.717, 1.165) is 5.56 Å². The third-order valence-electron chi connectivity index (χ3n) is 1.95. The maximum absolute atomic E-state index is 10.6. The van der Waals surface area contributed by atoms with Crippen molar-refractivity contribution in [2.75, 3.05) is 0 Å². The van der Waals surface area contributed by atoms with Crippen molar-refractivity contribution in [1.29, 1.82) is 0 Å². The molecule has 4 heteroatoms. The summed E-state index contributed by atoms with van der Waals surface area (Å²) in [6, 6.07) is 4.66. The van der Waals surface area contributed by atoms with Gasteiger partial charge in [0, 0.05) is 17.7 Å². The molecule has 0 saturated carbocycles. The summed E-state index contributed by atoms with van der Waals surface area (Å²) in [5.74, 6) is 0. The SMILES string of the molecule is Cc1cccc([N+](=O)[O-])c1[C@H](C)N. The molecule has 1 aromatic carbocycles. The van der Waals surface area contributed by atoms with E-state index < -0.39 is 4.92 Å². The summed E-state index contributed by atoms with van der Waals surface area (Å²) in [5, 5.41) is 10.6. The Hall–Kier alpha value is -1.42. The Kier molecular flexibility index (Phi) is 2.63. The van der Waals surface area contributed by atoms with E-state index in [1.807, 2.05) is 13.0 Å². The van der Waals surface area contributed by atoms with Gasteiger partial charge < -0.3 is 5.73 Å². The van der Waals surface area contributed by atoms with E-state index >= 15 is 0 Å². The van der Waals surface area contributed by atoms with Gasteiger partial charge in [0.25, 0.3) is 5.69 Å². The minimum absolute atomic E-state index is 0.106. The molecule has 0 aliphatic carbocycles. The van der Waals surface area contributed by atoms with Gasteiger partial charge in [0.15, 0.2) is 0 Å². The van der Waals surface area contributed by atoms with Crippen LogP contribution in [0.5, 0.6) is 0 Å². The van der Waals surface area contributed by atoms with Crippen LogP contribution in [0.4, 0.5) is 5.69 Å². The predicted molar refractivity (Wildman–Crippen MR) is 50.4 cm³/mol. The van der Waals surface area contributed by atoms with Crippen LogP contribution in [0.3, 0.4) is 0 Å². The van der Waals surface area contributed by atoms with Crippen LogP contribution >= 0.6 is 0 Å². The number of rotatable bonds is 2. The predicted octanol–water partition coefficient (Wildman–Crippen LogP) is 1.92. The molecule has 1 rings (SSSR count). The molecule has 2 N–H and O–H groups in total. The summed E-state index contributed by atoms with van der Waals surface area (Å²) in [4.78, 5) is 10.2. The standard InChI is InChI=1S/C9H12N2O2/c1-6-4-3-5-8(11(12)13)9(6)7(2)10/h3-5,7H,10H2,1-2H3/t7-/m0/s1. The van der Waals surface area contributed by atoms with Crippen LogP contribution in [0.2, 0.25) is 0 Å². The Balaban J connectivity index is 3.34. The van der Waals surface area contributed by atoms with Crippen LogP contribution in [0, 0.1) is 17.0 Å². The summed E-state index contributed by atoms with van der Waals surface area (Å²) in [6.07, 6.45) is 0. The molecule has 13 heavy (non-hydrogen) atoms. The Morgan fingerprint density at radius 3 is 2.54 bits per heavy atom. The molecular weight excluding hydrogens is 168 g/mol. The zero-order valence-corrected chi connectivity index (χ0v) is 7.65. The fourth-order valence-corrected chi connectivity index (χ4v) is 1.42. The van der Waals surface area contributed by atoms with Crippen molar-refractivity contribution >= 4 is 5.69 Å². The van der Waals surface area contributed by atoms with Gasteiger partial charge in [-0.1, -0.05) is 12.1 Å². The first-order valence-corrected chi connectivity index (χ1v) is 4.03. The highest BCUT2D eigenvalue weighted by Crippen LogP contribution is 2.26. The molecule has 0 heterocycles. The van der Waals surface area contributed by atoms with Gasteiger partial charge >= 0.3 is 0 Å². The number of hydrogen-bond donors (Lipinski definition) is 1. The Labute approximate surface area is 76.5 Å². The minimum atomic E-state index is -0.397. The molecule has 0 spiro atoms.